The molecule has 4 heteroatoms. The highest BCUT2D eigenvalue weighted by Crippen LogP contribution is 2.11. The Balaban J connectivity index is 3.13. The molecule has 1 rings (SSSR count). The summed E-state index contributed by atoms with van der Waals surface area (Å²) >= 11 is 0. The van der Waals surface area contributed by atoms with Gasteiger partial charge in [-0.2, -0.15) is 0 Å². The number of allylic oxidation sites excluding steroid dienone is 1. The number of anilines is 1. The van der Waals surface area contributed by atoms with E-state index in [9.17, 15) is 4.79 Å². The van der Waals surface area contributed by atoms with Gasteiger partial charge in [0.05, 0.1) is 18.4 Å². The first-order valence-corrected chi connectivity index (χ1v) is 4.13. The Morgan fingerprint density at radius 1 is 1.71 bits per heavy atom. The number of nitrogen functional groups attached to an aromatic ring is 1. The van der Waals surface area contributed by atoms with Crippen LogP contribution in [0.15, 0.2) is 24.8 Å². The van der Waals surface area contributed by atoms with E-state index >= 15 is 0 Å². The van der Waals surface area contributed by atoms with Crippen LogP contribution in [0.1, 0.15) is 16.1 Å². The molecule has 4 nitrogen and oxygen atoms in total. The molecule has 0 aliphatic carbocycles. The van der Waals surface area contributed by atoms with Crippen LogP contribution in [-0.2, 0) is 11.2 Å². The Morgan fingerprint density at radius 2 is 2.43 bits per heavy atom. The summed E-state index contributed by atoms with van der Waals surface area (Å²) in [6.07, 6.45) is 2.16. The maximum atomic E-state index is 11.3. The lowest BCUT2D eigenvalue weighted by molar-refractivity contribution is 0.0599. The van der Waals surface area contributed by atoms with Crippen molar-refractivity contribution < 1.29 is 9.53 Å². The topological polar surface area (TPSA) is 65.2 Å². The van der Waals surface area contributed by atoms with Crippen LogP contribution >= 0.6 is 0 Å². The van der Waals surface area contributed by atoms with Gasteiger partial charge in [0.2, 0.25) is 0 Å². The van der Waals surface area contributed by atoms with E-state index in [1.54, 1.807) is 18.2 Å². The van der Waals surface area contributed by atoms with Crippen LogP contribution in [-0.4, -0.2) is 18.1 Å². The van der Waals surface area contributed by atoms with Crippen molar-refractivity contribution in [2.75, 3.05) is 12.8 Å². The maximum absolute atomic E-state index is 11.3. The SMILES string of the molecule is C=CCc1nc(N)ccc1C(=O)OC. The summed E-state index contributed by atoms with van der Waals surface area (Å²) < 4.78 is 4.61. The van der Waals surface area contributed by atoms with Gasteiger partial charge in [-0.25, -0.2) is 9.78 Å². The Morgan fingerprint density at radius 3 is 3.00 bits per heavy atom. The minimum atomic E-state index is -0.408. The second-order valence-corrected chi connectivity index (χ2v) is 2.71. The Hall–Kier alpha value is -1.84. The average Bonchev–Trinajstić information content (AvgIpc) is 2.17. The highest BCUT2D eigenvalue weighted by atomic mass is 16.5. The lowest BCUT2D eigenvalue weighted by Crippen LogP contribution is -2.08. The minimum Gasteiger partial charge on any atom is -0.465 e. The van der Waals surface area contributed by atoms with Crippen LogP contribution in [0, 0.1) is 0 Å². The van der Waals surface area contributed by atoms with Gasteiger partial charge >= 0.3 is 5.97 Å². The van der Waals surface area contributed by atoms with Crippen LogP contribution in [0.25, 0.3) is 0 Å². The van der Waals surface area contributed by atoms with Crippen molar-refractivity contribution in [1.82, 2.24) is 4.98 Å². The average molecular weight is 192 g/mol. The third-order valence-electron chi connectivity index (χ3n) is 1.74. The number of carbonyl (C=O) groups excluding carboxylic acids is 1. The second-order valence-electron chi connectivity index (χ2n) is 2.71. The third-order valence-corrected chi connectivity index (χ3v) is 1.74. The molecule has 74 valence electrons. The summed E-state index contributed by atoms with van der Waals surface area (Å²) in [5, 5.41) is 0. The standard InChI is InChI=1S/C10H12N2O2/c1-3-4-8-7(10(13)14-2)5-6-9(11)12-8/h3,5-6H,1,4H2,2H3,(H2,11,12). The molecule has 1 aromatic heterocycles. The van der Waals surface area contributed by atoms with Gasteiger partial charge < -0.3 is 10.5 Å². The predicted octanol–water partition coefficient (Wildman–Crippen LogP) is 1.18. The van der Waals surface area contributed by atoms with E-state index in [-0.39, 0.29) is 0 Å². The quantitative estimate of drug-likeness (QED) is 0.577. The van der Waals surface area contributed by atoms with E-state index in [2.05, 4.69) is 16.3 Å². The molecule has 1 heterocycles. The molecule has 0 fully saturated rings. The summed E-state index contributed by atoms with van der Waals surface area (Å²) in [5.41, 5.74) is 6.52. The summed E-state index contributed by atoms with van der Waals surface area (Å²) in [6, 6.07) is 3.17. The van der Waals surface area contributed by atoms with Crippen molar-refractivity contribution in [3.05, 3.63) is 36.0 Å². The molecule has 0 aromatic carbocycles. The van der Waals surface area contributed by atoms with E-state index in [4.69, 9.17) is 5.73 Å². The Labute approximate surface area is 82.4 Å². The molecule has 1 aromatic rings. The third kappa shape index (κ3) is 2.10. The number of rotatable bonds is 3. The first-order valence-electron chi connectivity index (χ1n) is 4.13. The fourth-order valence-electron chi connectivity index (χ4n) is 1.11. The molecule has 0 unspecified atom stereocenters. The van der Waals surface area contributed by atoms with Crippen LogP contribution in [0.5, 0.6) is 0 Å². The minimum absolute atomic E-state index is 0.384. The zero-order chi connectivity index (χ0) is 10.6. The molecule has 0 spiro atoms. The molecule has 2 N–H and O–H groups in total. The monoisotopic (exact) mass is 192 g/mol. The summed E-state index contributed by atoms with van der Waals surface area (Å²) in [6.45, 7) is 3.58. The van der Waals surface area contributed by atoms with Gasteiger partial charge in [0.15, 0.2) is 0 Å². The lowest BCUT2D eigenvalue weighted by atomic mass is 10.1. The molecule has 0 saturated carbocycles. The van der Waals surface area contributed by atoms with Crippen molar-refractivity contribution >= 4 is 11.8 Å². The predicted molar refractivity (Wildman–Crippen MR) is 53.9 cm³/mol. The zero-order valence-corrected chi connectivity index (χ0v) is 7.99. The zero-order valence-electron chi connectivity index (χ0n) is 7.99. The maximum Gasteiger partial charge on any atom is 0.339 e. The molecular weight excluding hydrogens is 180 g/mol. The van der Waals surface area contributed by atoms with Crippen molar-refractivity contribution in [3.63, 3.8) is 0 Å². The highest BCUT2D eigenvalue weighted by molar-refractivity contribution is 5.90. The number of hydrogen-bond acceptors (Lipinski definition) is 4. The van der Waals surface area contributed by atoms with Crippen LogP contribution < -0.4 is 5.73 Å². The van der Waals surface area contributed by atoms with Gasteiger partial charge in [0, 0.05) is 6.42 Å². The van der Waals surface area contributed by atoms with E-state index in [1.807, 2.05) is 0 Å². The van der Waals surface area contributed by atoms with E-state index in [0.29, 0.717) is 23.5 Å². The number of methoxy groups -OCH3 is 1. The Kier molecular flexibility index (Phi) is 3.23. The number of pyridine rings is 1. The number of nitrogens with zero attached hydrogens (tertiary/aromatic N) is 1. The highest BCUT2D eigenvalue weighted by Gasteiger charge is 2.11. The Bertz CT molecular complexity index is 361. The number of hydrogen-bond donors (Lipinski definition) is 1. The van der Waals surface area contributed by atoms with Gasteiger partial charge in [0.1, 0.15) is 5.82 Å². The van der Waals surface area contributed by atoms with E-state index in [0.717, 1.165) is 0 Å². The van der Waals surface area contributed by atoms with Gasteiger partial charge in [-0.15, -0.1) is 6.58 Å². The lowest BCUT2D eigenvalue weighted by Gasteiger charge is -2.05. The number of ether oxygens (including phenoxy) is 1. The number of nitrogens with two attached hydrogens (primary N) is 1. The van der Waals surface area contributed by atoms with E-state index < -0.39 is 5.97 Å². The van der Waals surface area contributed by atoms with Gasteiger partial charge in [0.25, 0.3) is 0 Å². The molecule has 0 atom stereocenters. The summed E-state index contributed by atoms with van der Waals surface area (Å²) in [7, 11) is 1.33. The van der Waals surface area contributed by atoms with Crippen molar-refractivity contribution in [2.45, 2.75) is 6.42 Å². The number of aromatic nitrogens is 1. The van der Waals surface area contributed by atoms with Crippen molar-refractivity contribution in [3.8, 4) is 0 Å². The molecule has 0 bridgehead atoms. The molecule has 0 radical (unpaired) electrons. The van der Waals surface area contributed by atoms with Crippen LogP contribution in [0.3, 0.4) is 0 Å². The van der Waals surface area contributed by atoms with Gasteiger partial charge in [-0.3, -0.25) is 0 Å². The molecule has 0 aliphatic rings. The first-order chi connectivity index (χ1) is 6.69. The fraction of sp³-hybridized carbons (Fsp3) is 0.200. The van der Waals surface area contributed by atoms with Gasteiger partial charge in [-0.05, 0) is 12.1 Å². The van der Waals surface area contributed by atoms with Crippen LogP contribution in [0.2, 0.25) is 0 Å². The van der Waals surface area contributed by atoms with Gasteiger partial charge in [-0.1, -0.05) is 6.08 Å². The normalized spacial score (nSPS) is 9.50. The van der Waals surface area contributed by atoms with E-state index in [1.165, 1.54) is 7.11 Å². The first kappa shape index (κ1) is 10.2. The summed E-state index contributed by atoms with van der Waals surface area (Å²) in [4.78, 5) is 15.3. The molecule has 0 aliphatic heterocycles. The molecule has 0 saturated heterocycles. The molecular formula is C10H12N2O2. The van der Waals surface area contributed by atoms with Crippen molar-refractivity contribution in [1.29, 1.82) is 0 Å². The molecule has 0 amide bonds. The van der Waals surface area contributed by atoms with Crippen LogP contribution in [0.4, 0.5) is 5.82 Å². The number of carbonyl (C=O) groups is 1. The number of esters is 1. The van der Waals surface area contributed by atoms with Crippen molar-refractivity contribution in [2.24, 2.45) is 0 Å². The summed E-state index contributed by atoms with van der Waals surface area (Å²) in [5.74, 6) is -0.0242. The smallest absolute Gasteiger partial charge is 0.339 e. The largest absolute Gasteiger partial charge is 0.465 e. The molecule has 14 heavy (non-hydrogen) atoms. The second kappa shape index (κ2) is 4.41. The fourth-order valence-corrected chi connectivity index (χ4v) is 1.11.